The van der Waals surface area contributed by atoms with E-state index in [2.05, 4.69) is 33.1 Å². The van der Waals surface area contributed by atoms with E-state index in [1.807, 2.05) is 24.3 Å². The molecule has 2 rings (SSSR count). The number of para-hydroxylation sites is 1. The number of anilines is 1. The SMILES string of the molecule is CC1CCNC(=O)C(CCN)N1c1ccccc1Br. The number of nitrogens with one attached hydrogen (secondary N) is 1. The number of hydrogen-bond acceptors (Lipinski definition) is 3. The van der Waals surface area contributed by atoms with Crippen molar-refractivity contribution in [2.45, 2.75) is 31.8 Å². The van der Waals surface area contributed by atoms with E-state index in [1.54, 1.807) is 0 Å². The second-order valence-corrected chi connectivity index (χ2v) is 5.73. The van der Waals surface area contributed by atoms with E-state index in [-0.39, 0.29) is 11.9 Å². The van der Waals surface area contributed by atoms with Gasteiger partial charge in [-0.15, -0.1) is 0 Å². The van der Waals surface area contributed by atoms with Gasteiger partial charge in [-0.05, 0) is 54.4 Å². The van der Waals surface area contributed by atoms with E-state index in [0.717, 1.165) is 23.1 Å². The fraction of sp³-hybridized carbons (Fsp3) is 0.500. The standard InChI is InChI=1S/C14H20BrN3O/c1-10-7-9-17-14(19)13(6-8-16)18(10)12-5-3-2-4-11(12)15/h2-5,10,13H,6-9,16H2,1H3,(H,17,19). The Morgan fingerprint density at radius 3 is 2.89 bits per heavy atom. The maximum Gasteiger partial charge on any atom is 0.242 e. The van der Waals surface area contributed by atoms with Crippen molar-refractivity contribution in [2.24, 2.45) is 5.73 Å². The Bertz CT molecular complexity index is 452. The van der Waals surface area contributed by atoms with Gasteiger partial charge in [0, 0.05) is 17.1 Å². The second-order valence-electron chi connectivity index (χ2n) is 4.88. The van der Waals surface area contributed by atoms with Gasteiger partial charge in [0.2, 0.25) is 5.91 Å². The first-order valence-electron chi connectivity index (χ1n) is 6.65. The number of carbonyl (C=O) groups is 1. The molecule has 1 aromatic rings. The quantitative estimate of drug-likeness (QED) is 0.892. The molecule has 4 nitrogen and oxygen atoms in total. The Labute approximate surface area is 122 Å². The van der Waals surface area contributed by atoms with Crippen LogP contribution in [0.1, 0.15) is 19.8 Å². The lowest BCUT2D eigenvalue weighted by Gasteiger charge is -2.35. The number of rotatable bonds is 3. The molecule has 0 aromatic heterocycles. The average Bonchev–Trinajstić information content (AvgIpc) is 2.52. The summed E-state index contributed by atoms with van der Waals surface area (Å²) in [6.45, 7) is 3.39. The van der Waals surface area contributed by atoms with Crippen molar-refractivity contribution in [3.05, 3.63) is 28.7 Å². The van der Waals surface area contributed by atoms with Crippen LogP contribution in [0, 0.1) is 0 Å². The molecule has 5 heteroatoms. The van der Waals surface area contributed by atoms with Gasteiger partial charge in [-0.1, -0.05) is 12.1 Å². The van der Waals surface area contributed by atoms with Gasteiger partial charge in [0.1, 0.15) is 6.04 Å². The van der Waals surface area contributed by atoms with Crippen molar-refractivity contribution in [3.63, 3.8) is 0 Å². The summed E-state index contributed by atoms with van der Waals surface area (Å²) in [5, 5.41) is 2.98. The maximum absolute atomic E-state index is 12.2. The van der Waals surface area contributed by atoms with Crippen molar-refractivity contribution in [2.75, 3.05) is 18.0 Å². The molecule has 0 bridgehead atoms. The van der Waals surface area contributed by atoms with Gasteiger partial charge in [-0.25, -0.2) is 0 Å². The van der Waals surface area contributed by atoms with Gasteiger partial charge in [0.15, 0.2) is 0 Å². The van der Waals surface area contributed by atoms with Gasteiger partial charge in [0.05, 0.1) is 5.69 Å². The highest BCUT2D eigenvalue weighted by Gasteiger charge is 2.32. The highest BCUT2D eigenvalue weighted by atomic mass is 79.9. The van der Waals surface area contributed by atoms with Crippen LogP contribution in [0.4, 0.5) is 5.69 Å². The van der Waals surface area contributed by atoms with Gasteiger partial charge in [0.25, 0.3) is 0 Å². The molecule has 2 unspecified atom stereocenters. The molecule has 0 aliphatic carbocycles. The van der Waals surface area contributed by atoms with Gasteiger partial charge >= 0.3 is 0 Å². The lowest BCUT2D eigenvalue weighted by Crippen LogP contribution is -2.48. The Kier molecular flexibility index (Phi) is 4.82. The van der Waals surface area contributed by atoms with Crippen LogP contribution in [-0.4, -0.2) is 31.1 Å². The van der Waals surface area contributed by atoms with E-state index in [9.17, 15) is 4.79 Å². The molecular weight excluding hydrogens is 306 g/mol. The maximum atomic E-state index is 12.2. The first-order valence-corrected chi connectivity index (χ1v) is 7.45. The Balaban J connectivity index is 2.40. The summed E-state index contributed by atoms with van der Waals surface area (Å²) >= 11 is 3.58. The molecule has 1 amide bonds. The number of nitrogens with two attached hydrogens (primary N) is 1. The van der Waals surface area contributed by atoms with Crippen LogP contribution < -0.4 is 16.0 Å². The summed E-state index contributed by atoms with van der Waals surface area (Å²) in [4.78, 5) is 14.4. The van der Waals surface area contributed by atoms with Gasteiger partial charge < -0.3 is 16.0 Å². The summed E-state index contributed by atoms with van der Waals surface area (Å²) < 4.78 is 1.01. The fourth-order valence-electron chi connectivity index (χ4n) is 2.59. The van der Waals surface area contributed by atoms with Crippen LogP contribution in [0.3, 0.4) is 0 Å². The lowest BCUT2D eigenvalue weighted by molar-refractivity contribution is -0.122. The molecule has 1 aromatic carbocycles. The Morgan fingerprint density at radius 1 is 1.47 bits per heavy atom. The predicted molar refractivity (Wildman–Crippen MR) is 81.2 cm³/mol. The van der Waals surface area contributed by atoms with Crippen LogP contribution in [0.5, 0.6) is 0 Å². The molecule has 104 valence electrons. The van der Waals surface area contributed by atoms with E-state index in [1.165, 1.54) is 0 Å². The molecule has 0 radical (unpaired) electrons. The summed E-state index contributed by atoms with van der Waals surface area (Å²) in [6.07, 6.45) is 1.60. The minimum atomic E-state index is -0.193. The molecule has 1 saturated heterocycles. The van der Waals surface area contributed by atoms with E-state index >= 15 is 0 Å². The molecule has 0 saturated carbocycles. The molecule has 2 atom stereocenters. The van der Waals surface area contributed by atoms with Crippen molar-refractivity contribution in [1.29, 1.82) is 0 Å². The number of halogens is 1. The summed E-state index contributed by atoms with van der Waals surface area (Å²) in [7, 11) is 0. The third kappa shape index (κ3) is 3.09. The number of benzene rings is 1. The van der Waals surface area contributed by atoms with Crippen LogP contribution in [-0.2, 0) is 4.79 Å². The normalized spacial score (nSPS) is 23.9. The summed E-state index contributed by atoms with van der Waals surface area (Å²) in [5.41, 5.74) is 6.74. The van der Waals surface area contributed by atoms with Crippen molar-refractivity contribution in [1.82, 2.24) is 5.32 Å². The molecule has 1 aliphatic rings. The van der Waals surface area contributed by atoms with Gasteiger partial charge in [-0.3, -0.25) is 4.79 Å². The third-order valence-electron chi connectivity index (χ3n) is 3.55. The van der Waals surface area contributed by atoms with E-state index in [4.69, 9.17) is 5.73 Å². The van der Waals surface area contributed by atoms with Crippen molar-refractivity contribution < 1.29 is 4.79 Å². The first-order chi connectivity index (χ1) is 9.15. The van der Waals surface area contributed by atoms with Gasteiger partial charge in [-0.2, -0.15) is 0 Å². The molecule has 1 aliphatic heterocycles. The topological polar surface area (TPSA) is 58.4 Å². The largest absolute Gasteiger partial charge is 0.356 e. The van der Waals surface area contributed by atoms with Crippen molar-refractivity contribution >= 4 is 27.5 Å². The highest BCUT2D eigenvalue weighted by Crippen LogP contribution is 2.31. The second kappa shape index (κ2) is 6.39. The third-order valence-corrected chi connectivity index (χ3v) is 4.22. The number of hydrogen-bond donors (Lipinski definition) is 2. The fourth-order valence-corrected chi connectivity index (χ4v) is 3.08. The van der Waals surface area contributed by atoms with E-state index in [0.29, 0.717) is 19.0 Å². The zero-order valence-corrected chi connectivity index (χ0v) is 12.7. The number of carbonyl (C=O) groups excluding carboxylic acids is 1. The van der Waals surface area contributed by atoms with Crippen LogP contribution >= 0.6 is 15.9 Å². The smallest absolute Gasteiger partial charge is 0.242 e. The molecule has 3 N–H and O–H groups in total. The van der Waals surface area contributed by atoms with Crippen LogP contribution in [0.15, 0.2) is 28.7 Å². The first kappa shape index (κ1) is 14.3. The molecular formula is C14H20BrN3O. The van der Waals surface area contributed by atoms with E-state index < -0.39 is 0 Å². The molecule has 19 heavy (non-hydrogen) atoms. The number of nitrogens with zero attached hydrogens (tertiary/aromatic N) is 1. The predicted octanol–water partition coefficient (Wildman–Crippen LogP) is 1.88. The average molecular weight is 326 g/mol. The highest BCUT2D eigenvalue weighted by molar-refractivity contribution is 9.10. The van der Waals surface area contributed by atoms with Crippen LogP contribution in [0.25, 0.3) is 0 Å². The Hall–Kier alpha value is -1.07. The lowest BCUT2D eigenvalue weighted by atomic mass is 10.1. The minimum absolute atomic E-state index is 0.0746. The van der Waals surface area contributed by atoms with Crippen LogP contribution in [0.2, 0.25) is 0 Å². The number of amides is 1. The summed E-state index contributed by atoms with van der Waals surface area (Å²) in [5.74, 6) is 0.0746. The molecule has 1 fully saturated rings. The molecule has 0 spiro atoms. The Morgan fingerprint density at radius 2 is 2.21 bits per heavy atom. The summed E-state index contributed by atoms with van der Waals surface area (Å²) in [6, 6.07) is 8.13. The molecule has 1 heterocycles. The minimum Gasteiger partial charge on any atom is -0.356 e. The monoisotopic (exact) mass is 325 g/mol. The zero-order chi connectivity index (χ0) is 13.8. The zero-order valence-electron chi connectivity index (χ0n) is 11.1. The van der Waals surface area contributed by atoms with Crippen molar-refractivity contribution in [3.8, 4) is 0 Å².